The highest BCUT2D eigenvalue weighted by atomic mass is 16.5. The summed E-state index contributed by atoms with van der Waals surface area (Å²) in [7, 11) is 0. The van der Waals surface area contributed by atoms with Crippen molar-refractivity contribution in [2.24, 2.45) is 0 Å². The fraction of sp³-hybridized carbons (Fsp3) is 0.304. The zero-order chi connectivity index (χ0) is 20.1. The van der Waals surface area contributed by atoms with Crippen LogP contribution in [0.5, 0.6) is 5.75 Å². The van der Waals surface area contributed by atoms with E-state index in [1.165, 1.54) is 11.8 Å². The monoisotopic (exact) mass is 391 g/mol. The van der Waals surface area contributed by atoms with Crippen LogP contribution in [0.3, 0.4) is 0 Å². The van der Waals surface area contributed by atoms with Crippen molar-refractivity contribution in [2.45, 2.75) is 12.8 Å². The number of fused-ring (bicyclic) bond motifs is 1. The number of hydrogen-bond donors (Lipinski definition) is 1. The van der Waals surface area contributed by atoms with Crippen LogP contribution < -0.4 is 15.2 Å². The predicted octanol–water partition coefficient (Wildman–Crippen LogP) is 3.04. The molecule has 150 valence electrons. The number of carbonyl (C=O) groups excluding carboxylic acids is 1. The van der Waals surface area contributed by atoms with Crippen molar-refractivity contribution in [3.8, 4) is 5.75 Å². The Bertz CT molecular complexity index is 1020. The van der Waals surface area contributed by atoms with Crippen LogP contribution in [0.4, 0.5) is 5.69 Å². The lowest BCUT2D eigenvalue weighted by Gasteiger charge is -2.36. The average Bonchev–Trinajstić information content (AvgIpc) is 2.77. The number of anilines is 1. The van der Waals surface area contributed by atoms with E-state index in [-0.39, 0.29) is 11.5 Å². The molecular formula is C23H25N3O3. The van der Waals surface area contributed by atoms with E-state index in [2.05, 4.69) is 22.0 Å². The quantitative estimate of drug-likeness (QED) is 0.656. The average molecular weight is 391 g/mol. The van der Waals surface area contributed by atoms with Gasteiger partial charge < -0.3 is 19.5 Å². The number of nitrogens with one attached hydrogen (secondary N) is 1. The molecular weight excluding hydrogens is 366 g/mol. The van der Waals surface area contributed by atoms with E-state index in [1.807, 2.05) is 41.3 Å². The maximum absolute atomic E-state index is 12.5. The SMILES string of the molecule is O=C(CCCOc1ccc2[nH]c(=O)ccc2c1)N1CCN(c2ccccc2)CC1. The molecule has 3 aromatic rings. The third kappa shape index (κ3) is 4.77. The number of ether oxygens (including phenoxy) is 1. The van der Waals surface area contributed by atoms with E-state index in [1.54, 1.807) is 6.07 Å². The molecule has 1 aromatic heterocycles. The maximum Gasteiger partial charge on any atom is 0.248 e. The number of rotatable bonds is 6. The second kappa shape index (κ2) is 8.82. The van der Waals surface area contributed by atoms with E-state index in [4.69, 9.17) is 4.74 Å². The Balaban J connectivity index is 1.20. The Labute approximate surface area is 169 Å². The number of hydrogen-bond acceptors (Lipinski definition) is 4. The molecule has 0 spiro atoms. The van der Waals surface area contributed by atoms with E-state index in [0.717, 1.165) is 42.8 Å². The molecule has 2 heterocycles. The molecule has 1 aliphatic heterocycles. The lowest BCUT2D eigenvalue weighted by Crippen LogP contribution is -2.48. The fourth-order valence-electron chi connectivity index (χ4n) is 3.65. The molecule has 1 amide bonds. The van der Waals surface area contributed by atoms with E-state index in [0.29, 0.717) is 19.4 Å². The standard InChI is InChI=1S/C23H25N3O3/c27-22-11-8-18-17-20(9-10-21(18)24-22)29-16-4-7-23(28)26-14-12-25(13-15-26)19-5-2-1-3-6-19/h1-3,5-6,8-11,17H,4,7,12-16H2,(H,24,27). The normalized spacial score (nSPS) is 14.2. The number of pyridine rings is 1. The summed E-state index contributed by atoms with van der Waals surface area (Å²) >= 11 is 0. The van der Waals surface area contributed by atoms with Crippen LogP contribution in [0.25, 0.3) is 10.9 Å². The van der Waals surface area contributed by atoms with Gasteiger partial charge in [0.2, 0.25) is 11.5 Å². The number of carbonyl (C=O) groups is 1. The maximum atomic E-state index is 12.5. The minimum absolute atomic E-state index is 0.116. The van der Waals surface area contributed by atoms with Crippen molar-refractivity contribution in [2.75, 3.05) is 37.7 Å². The molecule has 6 nitrogen and oxygen atoms in total. The summed E-state index contributed by atoms with van der Waals surface area (Å²) in [6.07, 6.45) is 1.17. The third-order valence-corrected chi connectivity index (χ3v) is 5.25. The van der Waals surface area contributed by atoms with Crippen molar-refractivity contribution in [3.05, 3.63) is 71.0 Å². The molecule has 29 heavy (non-hydrogen) atoms. The van der Waals surface area contributed by atoms with E-state index in [9.17, 15) is 9.59 Å². The summed E-state index contributed by atoms with van der Waals surface area (Å²) in [4.78, 5) is 30.9. The highest BCUT2D eigenvalue weighted by Crippen LogP contribution is 2.19. The minimum Gasteiger partial charge on any atom is -0.494 e. The molecule has 0 unspecified atom stereocenters. The summed E-state index contributed by atoms with van der Waals surface area (Å²) in [5.41, 5.74) is 1.89. The van der Waals surface area contributed by atoms with Gasteiger partial charge >= 0.3 is 0 Å². The lowest BCUT2D eigenvalue weighted by molar-refractivity contribution is -0.131. The molecule has 0 bridgehead atoms. The summed E-state index contributed by atoms with van der Waals surface area (Å²) in [5, 5.41) is 0.925. The van der Waals surface area contributed by atoms with Crippen molar-refractivity contribution in [1.29, 1.82) is 0 Å². The first kappa shape index (κ1) is 19.1. The molecule has 0 saturated carbocycles. The Hall–Kier alpha value is -3.28. The summed E-state index contributed by atoms with van der Waals surface area (Å²) in [6, 6.07) is 19.2. The van der Waals surface area contributed by atoms with Gasteiger partial charge in [-0.15, -0.1) is 0 Å². The first-order valence-corrected chi connectivity index (χ1v) is 10.0. The van der Waals surface area contributed by atoms with Crippen molar-refractivity contribution in [3.63, 3.8) is 0 Å². The molecule has 0 radical (unpaired) electrons. The Morgan fingerprint density at radius 3 is 2.55 bits per heavy atom. The van der Waals surface area contributed by atoms with Crippen molar-refractivity contribution in [1.82, 2.24) is 9.88 Å². The van der Waals surface area contributed by atoms with Crippen LogP contribution in [-0.4, -0.2) is 48.6 Å². The van der Waals surface area contributed by atoms with Gasteiger partial charge in [-0.2, -0.15) is 0 Å². The number of amides is 1. The van der Waals surface area contributed by atoms with Crippen LogP contribution in [0, 0.1) is 0 Å². The summed E-state index contributed by atoms with van der Waals surface area (Å²) < 4.78 is 5.79. The number of aromatic nitrogens is 1. The molecule has 6 heteroatoms. The first-order valence-electron chi connectivity index (χ1n) is 10.0. The molecule has 0 atom stereocenters. The van der Waals surface area contributed by atoms with Crippen LogP contribution in [0.1, 0.15) is 12.8 Å². The number of H-pyrrole nitrogens is 1. The number of aromatic amines is 1. The Morgan fingerprint density at radius 1 is 0.966 bits per heavy atom. The van der Waals surface area contributed by atoms with Crippen LogP contribution in [0.2, 0.25) is 0 Å². The first-order chi connectivity index (χ1) is 14.2. The topological polar surface area (TPSA) is 65.6 Å². The zero-order valence-corrected chi connectivity index (χ0v) is 16.3. The van der Waals surface area contributed by atoms with Gasteiger partial charge in [-0.3, -0.25) is 9.59 Å². The van der Waals surface area contributed by atoms with E-state index < -0.39 is 0 Å². The van der Waals surface area contributed by atoms with Gasteiger partial charge in [0.25, 0.3) is 0 Å². The third-order valence-electron chi connectivity index (χ3n) is 5.25. The number of piperazine rings is 1. The number of para-hydroxylation sites is 1. The van der Waals surface area contributed by atoms with Gasteiger partial charge in [0.05, 0.1) is 6.61 Å². The van der Waals surface area contributed by atoms with Crippen LogP contribution in [0.15, 0.2) is 65.5 Å². The molecule has 1 saturated heterocycles. The molecule has 1 fully saturated rings. The summed E-state index contributed by atoms with van der Waals surface area (Å²) in [6.45, 7) is 3.75. The molecule has 4 rings (SSSR count). The van der Waals surface area contributed by atoms with Gasteiger partial charge in [-0.1, -0.05) is 18.2 Å². The van der Waals surface area contributed by atoms with Crippen LogP contribution >= 0.6 is 0 Å². The fourth-order valence-corrected chi connectivity index (χ4v) is 3.65. The van der Waals surface area contributed by atoms with Crippen molar-refractivity contribution < 1.29 is 9.53 Å². The highest BCUT2D eigenvalue weighted by molar-refractivity contribution is 5.79. The van der Waals surface area contributed by atoms with Crippen LogP contribution in [-0.2, 0) is 4.79 Å². The molecule has 0 aliphatic carbocycles. The van der Waals surface area contributed by atoms with Gasteiger partial charge in [-0.05, 0) is 42.8 Å². The van der Waals surface area contributed by atoms with Gasteiger partial charge in [0.1, 0.15) is 5.75 Å². The summed E-state index contributed by atoms with van der Waals surface area (Å²) in [5.74, 6) is 0.936. The zero-order valence-electron chi connectivity index (χ0n) is 16.3. The van der Waals surface area contributed by atoms with Gasteiger partial charge in [-0.25, -0.2) is 0 Å². The molecule has 1 N–H and O–H groups in total. The number of benzene rings is 2. The molecule has 2 aromatic carbocycles. The predicted molar refractivity (Wildman–Crippen MR) is 115 cm³/mol. The van der Waals surface area contributed by atoms with Gasteiger partial charge in [0, 0.05) is 55.3 Å². The molecule has 1 aliphatic rings. The van der Waals surface area contributed by atoms with Gasteiger partial charge in [0.15, 0.2) is 0 Å². The highest BCUT2D eigenvalue weighted by Gasteiger charge is 2.20. The number of nitrogens with zero attached hydrogens (tertiary/aromatic N) is 2. The second-order valence-corrected chi connectivity index (χ2v) is 7.23. The van der Waals surface area contributed by atoms with Crippen molar-refractivity contribution >= 4 is 22.5 Å². The minimum atomic E-state index is -0.116. The second-order valence-electron chi connectivity index (χ2n) is 7.23. The smallest absolute Gasteiger partial charge is 0.248 e. The Morgan fingerprint density at radius 2 is 1.76 bits per heavy atom. The lowest BCUT2D eigenvalue weighted by atomic mass is 10.2. The Kier molecular flexibility index (Phi) is 5.79. The van der Waals surface area contributed by atoms with E-state index >= 15 is 0 Å². The largest absolute Gasteiger partial charge is 0.494 e.